The van der Waals surface area contributed by atoms with Crippen LogP contribution in [-0.2, 0) is 15.1 Å². The number of rotatable bonds is 12. The van der Waals surface area contributed by atoms with Gasteiger partial charge in [0.1, 0.15) is 35.3 Å². The number of aromatic amines is 1. The van der Waals surface area contributed by atoms with Crippen LogP contribution in [0.25, 0.3) is 32.3 Å². The molecule has 0 bridgehead atoms. The van der Waals surface area contributed by atoms with Gasteiger partial charge in [-0.1, -0.05) is 108 Å². The topological polar surface area (TPSA) is 160 Å². The molecule has 0 spiro atoms. The third-order valence-corrected chi connectivity index (χ3v) is 11.9. The molecule has 13 heteroatoms. The van der Waals surface area contributed by atoms with Gasteiger partial charge in [-0.2, -0.15) is 0 Å². The van der Waals surface area contributed by atoms with Crippen LogP contribution in [0.5, 0.6) is 11.5 Å². The maximum Gasteiger partial charge on any atom is 0.330 e. The monoisotopic (exact) mass is 825 g/mol. The van der Waals surface area contributed by atoms with Crippen molar-refractivity contribution in [1.29, 1.82) is 0 Å². The predicted octanol–water partition coefficient (Wildman–Crippen LogP) is 6.78. The highest BCUT2D eigenvalue weighted by Crippen LogP contribution is 2.44. The minimum absolute atomic E-state index is 0.0293. The number of aliphatic hydroxyl groups is 1. The van der Waals surface area contributed by atoms with E-state index < -0.39 is 41.3 Å². The van der Waals surface area contributed by atoms with Crippen molar-refractivity contribution in [1.82, 2.24) is 24.5 Å². The first kappa shape index (κ1) is 38.7. The fourth-order valence-electron chi connectivity index (χ4n) is 8.89. The maximum absolute atomic E-state index is 14.4. The molecule has 0 amide bonds. The summed E-state index contributed by atoms with van der Waals surface area (Å²) in [6.07, 6.45) is -0.892. The van der Waals surface area contributed by atoms with E-state index in [1.165, 1.54) is 27.7 Å². The molecule has 1 saturated heterocycles. The Balaban J connectivity index is 1.03. The molecule has 2 N–H and O–H groups in total. The smallest absolute Gasteiger partial charge is 0.330 e. The lowest BCUT2D eigenvalue weighted by Crippen LogP contribution is -2.39. The number of ether oxygens (including phenoxy) is 4. The zero-order valence-electron chi connectivity index (χ0n) is 33.5. The summed E-state index contributed by atoms with van der Waals surface area (Å²) in [7, 11) is 3.19. The number of H-pyrrole nitrogens is 1. The zero-order chi connectivity index (χ0) is 42.5. The second-order valence-corrected chi connectivity index (χ2v) is 15.3. The van der Waals surface area contributed by atoms with Crippen LogP contribution in [0.1, 0.15) is 45.0 Å². The standard InChI is InChI=1S/C49H39N5O8/c1-59-35-19-15-33(16-20-35)49(32-9-4-3-5-10-32,34-17-21-36(60-2)22-18-34)61-28-40-46(57)44(47(62-40)53-26-25-41(55)50-48(53)58)54-27-39(51-52-54)45(56)38-24-14-31-12-11-29-7-6-8-30-13-23-37(38)43(31)42(29)30/h3-27,40,44,46-47,57H,28H2,1-2H3,(H,50,55,58)/t40-,44-,46-,47-/m1/s1. The number of hydrogen-bond acceptors (Lipinski definition) is 10. The maximum atomic E-state index is 14.4. The lowest BCUT2D eigenvalue weighted by atomic mass is 9.80. The highest BCUT2D eigenvalue weighted by atomic mass is 16.6. The number of aromatic nitrogens is 5. The summed E-state index contributed by atoms with van der Waals surface area (Å²) in [5.41, 5.74) is 0.173. The Labute approximate surface area is 353 Å². The number of carbonyl (C=O) groups is 1. The van der Waals surface area contributed by atoms with E-state index in [0.29, 0.717) is 17.1 Å². The van der Waals surface area contributed by atoms with Gasteiger partial charge in [-0.3, -0.25) is 19.1 Å². The summed E-state index contributed by atoms with van der Waals surface area (Å²) in [4.78, 5) is 42.2. The van der Waals surface area contributed by atoms with Gasteiger partial charge < -0.3 is 24.1 Å². The van der Waals surface area contributed by atoms with Crippen LogP contribution in [-0.4, -0.2) is 68.5 Å². The first-order valence-corrected chi connectivity index (χ1v) is 20.0. The summed E-state index contributed by atoms with van der Waals surface area (Å²) in [5.74, 6) is 0.940. The predicted molar refractivity (Wildman–Crippen MR) is 232 cm³/mol. The fourth-order valence-corrected chi connectivity index (χ4v) is 8.89. The van der Waals surface area contributed by atoms with Gasteiger partial charge >= 0.3 is 5.69 Å². The van der Waals surface area contributed by atoms with Crippen molar-refractivity contribution < 1.29 is 28.8 Å². The van der Waals surface area contributed by atoms with E-state index in [2.05, 4.69) is 33.5 Å². The fraction of sp³-hybridized carbons (Fsp3) is 0.163. The Morgan fingerprint density at radius 2 is 1.35 bits per heavy atom. The summed E-state index contributed by atoms with van der Waals surface area (Å²) in [6.45, 7) is -0.192. The van der Waals surface area contributed by atoms with Gasteiger partial charge in [0, 0.05) is 17.8 Å². The average Bonchev–Trinajstić information content (AvgIpc) is 3.93. The van der Waals surface area contributed by atoms with Gasteiger partial charge in [0.25, 0.3) is 5.56 Å². The molecule has 1 fully saturated rings. The molecule has 1 aliphatic rings. The molecule has 3 heterocycles. The van der Waals surface area contributed by atoms with Crippen LogP contribution >= 0.6 is 0 Å². The first-order valence-electron chi connectivity index (χ1n) is 20.0. The number of benzene rings is 7. The summed E-state index contributed by atoms with van der Waals surface area (Å²) >= 11 is 0. The number of nitrogens with one attached hydrogen (secondary N) is 1. The van der Waals surface area contributed by atoms with Crippen LogP contribution < -0.4 is 20.7 Å². The van der Waals surface area contributed by atoms with Crippen molar-refractivity contribution in [2.45, 2.75) is 30.1 Å². The van der Waals surface area contributed by atoms with Crippen molar-refractivity contribution in [3.05, 3.63) is 201 Å². The zero-order valence-corrected chi connectivity index (χ0v) is 33.5. The quantitative estimate of drug-likeness (QED) is 0.0764. The lowest BCUT2D eigenvalue weighted by Gasteiger charge is -2.37. The second kappa shape index (κ2) is 15.5. The summed E-state index contributed by atoms with van der Waals surface area (Å²) in [5, 5.41) is 26.9. The van der Waals surface area contributed by atoms with E-state index >= 15 is 0 Å². The molecule has 9 aromatic rings. The van der Waals surface area contributed by atoms with E-state index in [1.807, 2.05) is 109 Å². The van der Waals surface area contributed by atoms with Crippen molar-refractivity contribution in [3.8, 4) is 11.5 Å². The average molecular weight is 826 g/mol. The summed E-state index contributed by atoms with van der Waals surface area (Å²) in [6, 6.07) is 42.8. The molecule has 0 aliphatic carbocycles. The van der Waals surface area contributed by atoms with Crippen LogP contribution in [0.4, 0.5) is 0 Å². The van der Waals surface area contributed by atoms with Crippen LogP contribution in [0.2, 0.25) is 0 Å². The summed E-state index contributed by atoms with van der Waals surface area (Å²) < 4.78 is 27.1. The van der Waals surface area contributed by atoms with Gasteiger partial charge in [0.2, 0.25) is 5.78 Å². The SMILES string of the molecule is COc1ccc(C(OC[C@H]2O[C@@H](n3ccc(=O)[nH]c3=O)[C@H](n3cc(C(=O)c4ccc5ccc6cccc7ccc4c5c67)nn3)[C@@H]2O)(c2ccccc2)c2ccc(OC)cc2)cc1. The number of carbonyl (C=O) groups excluding carboxylic acids is 1. The van der Waals surface area contributed by atoms with Crippen molar-refractivity contribution >= 4 is 38.1 Å². The van der Waals surface area contributed by atoms with E-state index in [4.69, 9.17) is 18.9 Å². The van der Waals surface area contributed by atoms with E-state index in [1.54, 1.807) is 20.3 Å². The van der Waals surface area contributed by atoms with Crippen molar-refractivity contribution in [2.24, 2.45) is 0 Å². The molecule has 7 aromatic carbocycles. The molecular formula is C49H39N5O8. The largest absolute Gasteiger partial charge is 0.497 e. The molecule has 10 rings (SSSR count). The highest BCUT2D eigenvalue weighted by Gasteiger charge is 2.49. The Morgan fingerprint density at radius 3 is 2.00 bits per heavy atom. The lowest BCUT2D eigenvalue weighted by molar-refractivity contribution is -0.0948. The normalized spacial score (nSPS) is 17.9. The number of methoxy groups -OCH3 is 2. The molecule has 0 radical (unpaired) electrons. The third-order valence-electron chi connectivity index (χ3n) is 11.9. The molecule has 0 saturated carbocycles. The molecule has 62 heavy (non-hydrogen) atoms. The van der Waals surface area contributed by atoms with E-state index in [0.717, 1.165) is 49.0 Å². The van der Waals surface area contributed by atoms with Crippen LogP contribution in [0.3, 0.4) is 0 Å². The molecule has 13 nitrogen and oxygen atoms in total. The second-order valence-electron chi connectivity index (χ2n) is 15.3. The number of aliphatic hydroxyl groups excluding tert-OH is 1. The Morgan fingerprint density at radius 1 is 0.742 bits per heavy atom. The molecule has 308 valence electrons. The molecule has 2 aromatic heterocycles. The van der Waals surface area contributed by atoms with E-state index in [9.17, 15) is 19.5 Å². The van der Waals surface area contributed by atoms with Crippen LogP contribution in [0, 0.1) is 0 Å². The Bertz CT molecular complexity index is 3140. The minimum Gasteiger partial charge on any atom is -0.497 e. The minimum atomic E-state index is -1.36. The van der Waals surface area contributed by atoms with E-state index in [-0.39, 0.29) is 18.1 Å². The van der Waals surface area contributed by atoms with Crippen molar-refractivity contribution in [3.63, 3.8) is 0 Å². The Hall–Kier alpha value is -7.45. The molecule has 4 atom stereocenters. The third kappa shape index (κ3) is 6.41. The van der Waals surface area contributed by atoms with Gasteiger partial charge in [0.05, 0.1) is 27.0 Å². The number of nitrogens with zero attached hydrogens (tertiary/aromatic N) is 4. The highest BCUT2D eigenvalue weighted by molar-refractivity contribution is 6.27. The molecule has 1 aliphatic heterocycles. The van der Waals surface area contributed by atoms with Gasteiger partial charge in [-0.05, 0) is 79.3 Å². The number of hydrogen-bond donors (Lipinski definition) is 2. The molecule has 0 unspecified atom stereocenters. The Kier molecular flexibility index (Phi) is 9.71. The number of ketones is 1. The van der Waals surface area contributed by atoms with Crippen LogP contribution in [0.15, 0.2) is 162 Å². The van der Waals surface area contributed by atoms with Gasteiger partial charge in [-0.25, -0.2) is 9.48 Å². The van der Waals surface area contributed by atoms with Gasteiger partial charge in [0.15, 0.2) is 11.9 Å². The first-order chi connectivity index (χ1) is 30.3. The van der Waals surface area contributed by atoms with Gasteiger partial charge in [-0.15, -0.1) is 5.10 Å². The van der Waals surface area contributed by atoms with Crippen molar-refractivity contribution in [2.75, 3.05) is 20.8 Å². The molecular weight excluding hydrogens is 787 g/mol.